The van der Waals surface area contributed by atoms with E-state index in [4.69, 9.17) is 0 Å². The second-order valence-corrected chi connectivity index (χ2v) is 5.95. The van der Waals surface area contributed by atoms with Gasteiger partial charge in [0.05, 0.1) is 4.88 Å². The number of aryl methyl sites for hydroxylation is 2. The molecule has 0 saturated heterocycles. The number of aliphatic hydroxyl groups is 1. The Bertz CT molecular complexity index is 632. The summed E-state index contributed by atoms with van der Waals surface area (Å²) in [5.74, 6) is 0. The Hall–Kier alpha value is -1.40. The lowest BCUT2D eigenvalue weighted by Gasteiger charge is -2.24. The maximum atomic E-state index is 12.6. The summed E-state index contributed by atoms with van der Waals surface area (Å²) in [5, 5.41) is 9.70. The van der Waals surface area contributed by atoms with Gasteiger partial charge in [-0.1, -0.05) is 23.8 Å². The first-order valence-electron chi connectivity index (χ1n) is 5.96. The molecule has 0 fully saturated rings. The van der Waals surface area contributed by atoms with E-state index in [9.17, 15) is 18.3 Å². The summed E-state index contributed by atoms with van der Waals surface area (Å²) in [5.41, 5.74) is 0.862. The van der Waals surface area contributed by atoms with Crippen LogP contribution in [0.2, 0.25) is 0 Å². The van der Waals surface area contributed by atoms with E-state index in [0.29, 0.717) is 16.9 Å². The first kappa shape index (κ1) is 15.0. The minimum Gasteiger partial charge on any atom is -0.380 e. The Morgan fingerprint density at radius 1 is 1.20 bits per heavy atom. The van der Waals surface area contributed by atoms with Crippen molar-refractivity contribution in [3.05, 3.63) is 51.0 Å². The standard InChI is InChI=1S/C14H14F3NOS/c1-8-4-5-9(2)10(6-8)13(3,19)11-7-18-12(20-11)14(15,16)17/h4-7,19H,1-3H3. The molecule has 1 aromatic heterocycles. The Labute approximate surface area is 118 Å². The fraction of sp³-hybridized carbons (Fsp3) is 0.357. The normalized spacial score (nSPS) is 15.2. The van der Waals surface area contributed by atoms with Gasteiger partial charge in [-0.25, -0.2) is 4.98 Å². The molecule has 0 aliphatic carbocycles. The van der Waals surface area contributed by atoms with Crippen LogP contribution in [0.4, 0.5) is 13.2 Å². The molecule has 1 N–H and O–H groups in total. The van der Waals surface area contributed by atoms with E-state index in [1.54, 1.807) is 6.07 Å². The molecule has 1 aromatic carbocycles. The first-order chi connectivity index (χ1) is 9.12. The second-order valence-electron chi connectivity index (χ2n) is 4.92. The van der Waals surface area contributed by atoms with Gasteiger partial charge in [-0.2, -0.15) is 13.2 Å². The van der Waals surface area contributed by atoms with E-state index < -0.39 is 16.8 Å². The predicted octanol–water partition coefficient (Wildman–Crippen LogP) is 4.03. The monoisotopic (exact) mass is 301 g/mol. The third kappa shape index (κ3) is 2.71. The molecule has 2 rings (SSSR count). The van der Waals surface area contributed by atoms with Crippen molar-refractivity contribution in [3.63, 3.8) is 0 Å². The Morgan fingerprint density at radius 2 is 1.85 bits per heavy atom. The quantitative estimate of drug-likeness (QED) is 0.908. The maximum absolute atomic E-state index is 12.6. The van der Waals surface area contributed by atoms with Gasteiger partial charge in [0.15, 0.2) is 5.01 Å². The average molecular weight is 301 g/mol. The molecule has 1 atom stereocenters. The van der Waals surface area contributed by atoms with Gasteiger partial charge < -0.3 is 5.11 Å². The predicted molar refractivity (Wildman–Crippen MR) is 71.7 cm³/mol. The molecule has 20 heavy (non-hydrogen) atoms. The van der Waals surface area contributed by atoms with Gasteiger partial charge in [-0.3, -0.25) is 0 Å². The van der Waals surface area contributed by atoms with Gasteiger partial charge in [0, 0.05) is 6.20 Å². The number of benzene rings is 1. The van der Waals surface area contributed by atoms with Gasteiger partial charge in [0.1, 0.15) is 5.60 Å². The van der Waals surface area contributed by atoms with Crippen LogP contribution >= 0.6 is 11.3 Å². The third-order valence-electron chi connectivity index (χ3n) is 3.15. The Morgan fingerprint density at radius 3 is 2.40 bits per heavy atom. The van der Waals surface area contributed by atoms with Gasteiger partial charge in [-0.15, -0.1) is 11.3 Å². The maximum Gasteiger partial charge on any atom is 0.443 e. The fourth-order valence-electron chi connectivity index (χ4n) is 2.02. The molecule has 1 unspecified atom stereocenters. The topological polar surface area (TPSA) is 33.1 Å². The Kier molecular flexibility index (Phi) is 3.64. The van der Waals surface area contributed by atoms with Crippen molar-refractivity contribution in [2.45, 2.75) is 32.5 Å². The molecule has 2 aromatic rings. The Balaban J connectivity index is 2.49. The van der Waals surface area contributed by atoms with Crippen LogP contribution < -0.4 is 0 Å². The number of halogens is 3. The van der Waals surface area contributed by atoms with Crippen molar-refractivity contribution >= 4 is 11.3 Å². The highest BCUT2D eigenvalue weighted by atomic mass is 32.1. The van der Waals surface area contributed by atoms with Gasteiger partial charge in [0.25, 0.3) is 0 Å². The van der Waals surface area contributed by atoms with Crippen LogP contribution in [0.15, 0.2) is 24.4 Å². The van der Waals surface area contributed by atoms with Crippen LogP contribution in [0.3, 0.4) is 0 Å². The summed E-state index contributed by atoms with van der Waals surface area (Å²) < 4.78 is 37.8. The number of thiazole rings is 1. The molecule has 0 amide bonds. The van der Waals surface area contributed by atoms with E-state index in [2.05, 4.69) is 4.98 Å². The number of hydrogen-bond donors (Lipinski definition) is 1. The zero-order valence-corrected chi connectivity index (χ0v) is 12.1. The van der Waals surface area contributed by atoms with E-state index in [1.807, 2.05) is 26.0 Å². The summed E-state index contributed by atoms with van der Waals surface area (Å²) in [7, 11) is 0. The lowest BCUT2D eigenvalue weighted by Crippen LogP contribution is -2.22. The molecule has 108 valence electrons. The molecule has 0 spiro atoms. The summed E-state index contributed by atoms with van der Waals surface area (Å²) in [6.45, 7) is 5.17. The van der Waals surface area contributed by atoms with Crippen LogP contribution in [0.25, 0.3) is 0 Å². The van der Waals surface area contributed by atoms with Gasteiger partial charge >= 0.3 is 6.18 Å². The fourth-order valence-corrected chi connectivity index (χ4v) is 2.87. The molecule has 1 heterocycles. The summed E-state index contributed by atoms with van der Waals surface area (Å²) in [6.07, 6.45) is -3.39. The van der Waals surface area contributed by atoms with E-state index in [0.717, 1.165) is 17.3 Å². The van der Waals surface area contributed by atoms with Crippen LogP contribution in [0, 0.1) is 13.8 Å². The van der Waals surface area contributed by atoms with Gasteiger partial charge in [0.2, 0.25) is 0 Å². The van der Waals surface area contributed by atoms with E-state index >= 15 is 0 Å². The van der Waals surface area contributed by atoms with Crippen molar-refractivity contribution in [1.82, 2.24) is 4.98 Å². The molecule has 0 saturated carbocycles. The molecular weight excluding hydrogens is 287 g/mol. The molecule has 2 nitrogen and oxygen atoms in total. The molecule has 0 radical (unpaired) electrons. The van der Waals surface area contributed by atoms with Crippen LogP contribution in [-0.2, 0) is 11.8 Å². The largest absolute Gasteiger partial charge is 0.443 e. The zero-order chi connectivity index (χ0) is 15.1. The number of aromatic nitrogens is 1. The van der Waals surface area contributed by atoms with E-state index in [-0.39, 0.29) is 4.88 Å². The number of nitrogens with zero attached hydrogens (tertiary/aromatic N) is 1. The summed E-state index contributed by atoms with van der Waals surface area (Å²) in [4.78, 5) is 3.54. The van der Waals surface area contributed by atoms with E-state index in [1.165, 1.54) is 6.92 Å². The number of rotatable bonds is 2. The van der Waals surface area contributed by atoms with Gasteiger partial charge in [-0.05, 0) is 31.9 Å². The lowest BCUT2D eigenvalue weighted by atomic mass is 9.90. The highest BCUT2D eigenvalue weighted by Gasteiger charge is 2.38. The van der Waals surface area contributed by atoms with Crippen molar-refractivity contribution < 1.29 is 18.3 Å². The SMILES string of the molecule is Cc1ccc(C)c(C(C)(O)c2cnc(C(F)(F)F)s2)c1. The average Bonchev–Trinajstić information content (AvgIpc) is 2.82. The lowest BCUT2D eigenvalue weighted by molar-refractivity contribution is -0.137. The third-order valence-corrected chi connectivity index (χ3v) is 4.40. The molecule has 0 aliphatic heterocycles. The zero-order valence-electron chi connectivity index (χ0n) is 11.2. The highest BCUT2D eigenvalue weighted by molar-refractivity contribution is 7.11. The van der Waals surface area contributed by atoms with Crippen molar-refractivity contribution in [2.24, 2.45) is 0 Å². The molecule has 0 bridgehead atoms. The smallest absolute Gasteiger partial charge is 0.380 e. The highest BCUT2D eigenvalue weighted by Crippen LogP contribution is 2.39. The first-order valence-corrected chi connectivity index (χ1v) is 6.77. The number of alkyl halides is 3. The number of hydrogen-bond acceptors (Lipinski definition) is 3. The minimum absolute atomic E-state index is 0.179. The second kappa shape index (κ2) is 4.86. The van der Waals surface area contributed by atoms with Crippen molar-refractivity contribution in [2.75, 3.05) is 0 Å². The molecule has 6 heteroatoms. The minimum atomic E-state index is -4.49. The van der Waals surface area contributed by atoms with Crippen LogP contribution in [-0.4, -0.2) is 10.1 Å². The molecular formula is C14H14F3NOS. The molecule has 0 aliphatic rings. The van der Waals surface area contributed by atoms with Crippen LogP contribution in [0.5, 0.6) is 0 Å². The van der Waals surface area contributed by atoms with Crippen LogP contribution in [0.1, 0.15) is 33.5 Å². The summed E-state index contributed by atoms with van der Waals surface area (Å²) in [6, 6.07) is 5.51. The van der Waals surface area contributed by atoms with Crippen molar-refractivity contribution in [3.8, 4) is 0 Å². The summed E-state index contributed by atoms with van der Waals surface area (Å²) >= 11 is 0.470. The van der Waals surface area contributed by atoms with Crippen molar-refractivity contribution in [1.29, 1.82) is 0 Å².